The number of piperazine rings is 1. The zero-order valence-corrected chi connectivity index (χ0v) is 11.4. The normalized spacial score (nSPS) is 19.7. The molecule has 1 atom stereocenters. The Kier molecular flexibility index (Phi) is 4.57. The van der Waals surface area contributed by atoms with E-state index in [1.54, 1.807) is 11.0 Å². The van der Waals surface area contributed by atoms with E-state index in [1.807, 2.05) is 0 Å². The van der Waals surface area contributed by atoms with E-state index in [1.165, 1.54) is 12.1 Å². The van der Waals surface area contributed by atoms with Gasteiger partial charge in [0.05, 0.1) is 11.4 Å². The van der Waals surface area contributed by atoms with E-state index in [2.05, 4.69) is 5.32 Å². The molecule has 1 aromatic rings. The third-order valence-corrected chi connectivity index (χ3v) is 3.64. The van der Waals surface area contributed by atoms with Crippen molar-refractivity contribution in [3.63, 3.8) is 0 Å². The minimum Gasteiger partial charge on any atom is -0.481 e. The van der Waals surface area contributed by atoms with Gasteiger partial charge in [0.2, 0.25) is 5.91 Å². The molecule has 20 heavy (non-hydrogen) atoms. The summed E-state index contributed by atoms with van der Waals surface area (Å²) in [6.07, 6.45) is -0.293. The fourth-order valence-corrected chi connectivity index (χ4v) is 2.41. The molecule has 1 fully saturated rings. The second kappa shape index (κ2) is 6.19. The minimum atomic E-state index is -1.05. The van der Waals surface area contributed by atoms with Crippen LogP contribution >= 0.6 is 11.6 Å². The minimum absolute atomic E-state index is 0.00700. The number of carbonyl (C=O) groups is 2. The predicted molar refractivity (Wildman–Crippen MR) is 70.9 cm³/mol. The number of nitrogens with zero attached hydrogens (tertiary/aromatic N) is 1. The fourth-order valence-electron chi connectivity index (χ4n) is 2.23. The molecule has 1 saturated heterocycles. The highest BCUT2D eigenvalue weighted by Gasteiger charge is 2.31. The number of rotatable bonds is 4. The predicted octanol–water partition coefficient (Wildman–Crippen LogP) is 1.25. The molecule has 0 spiro atoms. The Bertz CT molecular complexity index is 538. The third kappa shape index (κ3) is 3.26. The van der Waals surface area contributed by atoms with E-state index in [0.29, 0.717) is 18.7 Å². The summed E-state index contributed by atoms with van der Waals surface area (Å²) in [5, 5.41) is 11.5. The lowest BCUT2D eigenvalue weighted by molar-refractivity contribution is -0.143. The van der Waals surface area contributed by atoms with Crippen molar-refractivity contribution in [3.05, 3.63) is 34.6 Å². The van der Waals surface area contributed by atoms with Crippen LogP contribution in [0.5, 0.6) is 0 Å². The van der Waals surface area contributed by atoms with E-state index in [4.69, 9.17) is 16.7 Å². The summed E-state index contributed by atoms with van der Waals surface area (Å²) in [6.45, 7) is 1.17. The second-order valence-electron chi connectivity index (χ2n) is 4.59. The van der Waals surface area contributed by atoms with Gasteiger partial charge in [-0.05, 0) is 11.6 Å². The maximum absolute atomic E-state index is 13.4. The van der Waals surface area contributed by atoms with Crippen LogP contribution < -0.4 is 5.32 Å². The molecule has 7 heteroatoms. The lowest BCUT2D eigenvalue weighted by atomic mass is 10.1. The van der Waals surface area contributed by atoms with Gasteiger partial charge in [-0.2, -0.15) is 0 Å². The van der Waals surface area contributed by atoms with Crippen LogP contribution in [-0.2, 0) is 16.1 Å². The Balaban J connectivity index is 2.18. The van der Waals surface area contributed by atoms with Crippen molar-refractivity contribution in [2.75, 3.05) is 13.1 Å². The molecule has 1 unspecified atom stereocenters. The summed E-state index contributed by atoms with van der Waals surface area (Å²) in [4.78, 5) is 24.3. The number of hydrogen-bond donors (Lipinski definition) is 2. The molecule has 1 aliphatic heterocycles. The number of benzene rings is 1. The number of amides is 1. The summed E-state index contributed by atoms with van der Waals surface area (Å²) >= 11 is 5.88. The first-order chi connectivity index (χ1) is 9.49. The zero-order chi connectivity index (χ0) is 14.7. The molecule has 1 aliphatic rings. The van der Waals surface area contributed by atoms with Crippen LogP contribution in [0, 0.1) is 5.82 Å². The number of hydrogen-bond acceptors (Lipinski definition) is 3. The van der Waals surface area contributed by atoms with E-state index < -0.39 is 17.8 Å². The average molecular weight is 301 g/mol. The first kappa shape index (κ1) is 14.7. The summed E-state index contributed by atoms with van der Waals surface area (Å²) < 4.78 is 13.4. The highest BCUT2D eigenvalue weighted by molar-refractivity contribution is 6.31. The molecule has 1 aromatic carbocycles. The average Bonchev–Trinajstić information content (AvgIpc) is 2.38. The lowest BCUT2D eigenvalue weighted by Crippen LogP contribution is -2.55. The molecule has 1 heterocycles. The quantitative estimate of drug-likeness (QED) is 0.878. The fraction of sp³-hybridized carbons (Fsp3) is 0.385. The van der Waals surface area contributed by atoms with Crippen LogP contribution in [0.25, 0.3) is 0 Å². The van der Waals surface area contributed by atoms with Gasteiger partial charge in [-0.3, -0.25) is 14.5 Å². The van der Waals surface area contributed by atoms with Gasteiger partial charge in [0.15, 0.2) is 0 Å². The molecule has 5 nitrogen and oxygen atoms in total. The van der Waals surface area contributed by atoms with E-state index in [9.17, 15) is 14.0 Å². The number of nitrogens with one attached hydrogen (secondary N) is 1. The van der Waals surface area contributed by atoms with Crippen molar-refractivity contribution in [2.45, 2.75) is 19.0 Å². The van der Waals surface area contributed by atoms with Crippen LogP contribution in [0.3, 0.4) is 0 Å². The van der Waals surface area contributed by atoms with Crippen LogP contribution in [0.15, 0.2) is 18.2 Å². The van der Waals surface area contributed by atoms with Crippen molar-refractivity contribution >= 4 is 23.5 Å². The number of aliphatic carboxylic acids is 1. The van der Waals surface area contributed by atoms with Gasteiger partial charge in [-0.1, -0.05) is 23.7 Å². The highest BCUT2D eigenvalue weighted by Crippen LogP contribution is 2.23. The third-order valence-electron chi connectivity index (χ3n) is 3.21. The Morgan fingerprint density at radius 3 is 3.00 bits per heavy atom. The van der Waals surface area contributed by atoms with Crippen molar-refractivity contribution < 1.29 is 19.1 Å². The number of carbonyl (C=O) groups excluding carboxylic acids is 1. The van der Waals surface area contributed by atoms with Crippen LogP contribution in [-0.4, -0.2) is 41.0 Å². The van der Waals surface area contributed by atoms with E-state index in [0.717, 1.165) is 0 Å². The largest absolute Gasteiger partial charge is 0.481 e. The number of carboxylic acid groups (broad SMARTS) is 1. The van der Waals surface area contributed by atoms with Crippen molar-refractivity contribution in [3.8, 4) is 0 Å². The maximum atomic E-state index is 13.4. The molecule has 0 aliphatic carbocycles. The lowest BCUT2D eigenvalue weighted by Gasteiger charge is -2.34. The number of carboxylic acids is 1. The molecule has 0 aromatic heterocycles. The van der Waals surface area contributed by atoms with Crippen molar-refractivity contribution in [2.24, 2.45) is 0 Å². The van der Waals surface area contributed by atoms with Gasteiger partial charge in [0.1, 0.15) is 11.9 Å². The zero-order valence-electron chi connectivity index (χ0n) is 10.6. The molecule has 0 radical (unpaired) electrons. The molecule has 0 bridgehead atoms. The Hall–Kier alpha value is -1.66. The molecule has 2 rings (SSSR count). The summed E-state index contributed by atoms with van der Waals surface area (Å²) in [6, 6.07) is 3.69. The maximum Gasteiger partial charge on any atom is 0.305 e. The van der Waals surface area contributed by atoms with Gasteiger partial charge >= 0.3 is 5.97 Å². The smallest absolute Gasteiger partial charge is 0.305 e. The van der Waals surface area contributed by atoms with E-state index in [-0.39, 0.29) is 23.9 Å². The van der Waals surface area contributed by atoms with Crippen LogP contribution in [0.2, 0.25) is 5.02 Å². The summed E-state index contributed by atoms with van der Waals surface area (Å²) in [7, 11) is 0. The molecule has 2 N–H and O–H groups in total. The molecule has 0 saturated carbocycles. The Labute approximate surface area is 120 Å². The SMILES string of the molecule is O=C(O)CC1C(=O)NCCN1Cc1cccc(F)c1Cl. The van der Waals surface area contributed by atoms with Crippen molar-refractivity contribution in [1.82, 2.24) is 10.2 Å². The topological polar surface area (TPSA) is 69.6 Å². The van der Waals surface area contributed by atoms with Gasteiger partial charge in [0, 0.05) is 19.6 Å². The Morgan fingerprint density at radius 2 is 2.30 bits per heavy atom. The van der Waals surface area contributed by atoms with Gasteiger partial charge < -0.3 is 10.4 Å². The monoisotopic (exact) mass is 300 g/mol. The second-order valence-corrected chi connectivity index (χ2v) is 4.97. The first-order valence-electron chi connectivity index (χ1n) is 6.15. The Morgan fingerprint density at radius 1 is 1.55 bits per heavy atom. The van der Waals surface area contributed by atoms with Crippen LogP contribution in [0.4, 0.5) is 4.39 Å². The van der Waals surface area contributed by atoms with E-state index >= 15 is 0 Å². The van der Waals surface area contributed by atoms with Crippen molar-refractivity contribution in [1.29, 1.82) is 0 Å². The molecular weight excluding hydrogens is 287 g/mol. The molecule has 108 valence electrons. The molecule has 1 amide bonds. The van der Waals surface area contributed by atoms with Gasteiger partial charge in [-0.15, -0.1) is 0 Å². The first-order valence-corrected chi connectivity index (χ1v) is 6.53. The van der Waals surface area contributed by atoms with Gasteiger partial charge in [-0.25, -0.2) is 4.39 Å². The summed E-state index contributed by atoms with van der Waals surface area (Å²) in [5.41, 5.74) is 0.539. The highest BCUT2D eigenvalue weighted by atomic mass is 35.5. The van der Waals surface area contributed by atoms with Gasteiger partial charge in [0.25, 0.3) is 0 Å². The summed E-state index contributed by atoms with van der Waals surface area (Å²) in [5.74, 6) is -1.91. The standard InChI is InChI=1S/C13H14ClFN2O3/c14-12-8(2-1-3-9(12)15)7-17-5-4-16-13(20)10(17)6-11(18)19/h1-3,10H,4-7H2,(H,16,20)(H,18,19). The molecular formula is C13H14ClFN2O3. The van der Waals surface area contributed by atoms with Crippen LogP contribution in [0.1, 0.15) is 12.0 Å². The number of halogens is 2.